The summed E-state index contributed by atoms with van der Waals surface area (Å²) >= 11 is 0. The Labute approximate surface area is 129 Å². The van der Waals surface area contributed by atoms with Crippen LogP contribution in [0.3, 0.4) is 0 Å². The van der Waals surface area contributed by atoms with Gasteiger partial charge in [0.05, 0.1) is 18.7 Å². The summed E-state index contributed by atoms with van der Waals surface area (Å²) in [6, 6.07) is 6.79. The van der Waals surface area contributed by atoms with E-state index in [0.29, 0.717) is 18.7 Å². The quantitative estimate of drug-likeness (QED) is 0.870. The Kier molecular flexibility index (Phi) is 3.89. The van der Waals surface area contributed by atoms with Gasteiger partial charge in [0.2, 0.25) is 5.88 Å². The molecule has 1 amide bonds. The SMILES string of the molecule is O=C(c1cccnc1)N1CC(Oc2cccc(C(F)(F)F)n2)C1. The third kappa shape index (κ3) is 3.41. The lowest BCUT2D eigenvalue weighted by atomic mass is 10.1. The van der Waals surface area contributed by atoms with Gasteiger partial charge in [0, 0.05) is 18.5 Å². The van der Waals surface area contributed by atoms with Gasteiger partial charge in [-0.1, -0.05) is 6.07 Å². The van der Waals surface area contributed by atoms with Gasteiger partial charge in [-0.3, -0.25) is 9.78 Å². The summed E-state index contributed by atoms with van der Waals surface area (Å²) in [5.74, 6) is -0.284. The van der Waals surface area contributed by atoms with E-state index in [1.807, 2.05) is 0 Å². The standard InChI is InChI=1S/C15H12F3N3O2/c16-15(17,18)12-4-1-5-13(20-12)23-11-8-21(9-11)14(22)10-3-2-6-19-7-10/h1-7,11H,8-9H2. The zero-order valence-corrected chi connectivity index (χ0v) is 11.8. The summed E-state index contributed by atoms with van der Waals surface area (Å²) in [4.78, 5) is 20.9. The minimum absolute atomic E-state index is 0.0988. The first kappa shape index (κ1) is 15.3. The van der Waals surface area contributed by atoms with Crippen LogP contribution in [0.2, 0.25) is 0 Å². The van der Waals surface area contributed by atoms with Crippen LogP contribution in [0.15, 0.2) is 42.7 Å². The van der Waals surface area contributed by atoms with Crippen molar-refractivity contribution in [3.05, 3.63) is 54.0 Å². The minimum Gasteiger partial charge on any atom is -0.471 e. The Morgan fingerprint density at radius 1 is 1.22 bits per heavy atom. The molecule has 0 N–H and O–H groups in total. The van der Waals surface area contributed by atoms with Crippen molar-refractivity contribution in [3.8, 4) is 5.88 Å². The molecule has 0 radical (unpaired) electrons. The summed E-state index contributed by atoms with van der Waals surface area (Å²) in [5.41, 5.74) is -0.541. The highest BCUT2D eigenvalue weighted by Gasteiger charge is 2.35. The van der Waals surface area contributed by atoms with E-state index < -0.39 is 11.9 Å². The normalized spacial score (nSPS) is 15.2. The molecule has 8 heteroatoms. The molecule has 0 unspecified atom stereocenters. The first-order chi connectivity index (χ1) is 10.9. The van der Waals surface area contributed by atoms with Crippen LogP contribution < -0.4 is 4.74 Å². The average Bonchev–Trinajstić information content (AvgIpc) is 2.50. The molecule has 0 bridgehead atoms. The van der Waals surface area contributed by atoms with Gasteiger partial charge in [-0.05, 0) is 18.2 Å². The Morgan fingerprint density at radius 2 is 2.00 bits per heavy atom. The summed E-state index contributed by atoms with van der Waals surface area (Å²) in [7, 11) is 0. The topological polar surface area (TPSA) is 55.3 Å². The van der Waals surface area contributed by atoms with Crippen LogP contribution in [-0.2, 0) is 6.18 Å². The predicted octanol–water partition coefficient (Wildman–Crippen LogP) is 2.40. The van der Waals surface area contributed by atoms with Crippen LogP contribution in [0.5, 0.6) is 5.88 Å². The van der Waals surface area contributed by atoms with E-state index in [4.69, 9.17) is 4.74 Å². The fraction of sp³-hybridized carbons (Fsp3) is 0.267. The Hall–Kier alpha value is -2.64. The number of nitrogens with zero attached hydrogens (tertiary/aromatic N) is 3. The second kappa shape index (κ2) is 5.86. The van der Waals surface area contributed by atoms with Crippen molar-refractivity contribution in [2.75, 3.05) is 13.1 Å². The second-order valence-electron chi connectivity index (χ2n) is 5.05. The van der Waals surface area contributed by atoms with E-state index in [1.165, 1.54) is 23.2 Å². The molecular weight excluding hydrogens is 311 g/mol. The molecule has 5 nitrogen and oxygen atoms in total. The van der Waals surface area contributed by atoms with Gasteiger partial charge in [-0.2, -0.15) is 13.2 Å². The fourth-order valence-electron chi connectivity index (χ4n) is 2.16. The predicted molar refractivity (Wildman–Crippen MR) is 73.8 cm³/mol. The number of carbonyl (C=O) groups is 1. The largest absolute Gasteiger partial charge is 0.471 e. The zero-order valence-electron chi connectivity index (χ0n) is 11.8. The second-order valence-corrected chi connectivity index (χ2v) is 5.05. The number of likely N-dealkylation sites (tertiary alicyclic amines) is 1. The van der Waals surface area contributed by atoms with E-state index in [9.17, 15) is 18.0 Å². The lowest BCUT2D eigenvalue weighted by molar-refractivity contribution is -0.141. The van der Waals surface area contributed by atoms with Gasteiger partial charge in [0.25, 0.3) is 5.91 Å². The van der Waals surface area contributed by atoms with Crippen LogP contribution >= 0.6 is 0 Å². The summed E-state index contributed by atoms with van der Waals surface area (Å²) in [6.07, 6.45) is -1.85. The highest BCUT2D eigenvalue weighted by Crippen LogP contribution is 2.29. The van der Waals surface area contributed by atoms with Crippen LogP contribution in [0.4, 0.5) is 13.2 Å². The molecule has 0 aromatic carbocycles. The van der Waals surface area contributed by atoms with Crippen LogP contribution in [0, 0.1) is 0 Å². The van der Waals surface area contributed by atoms with Crippen molar-refractivity contribution in [1.82, 2.24) is 14.9 Å². The summed E-state index contributed by atoms with van der Waals surface area (Å²) < 4.78 is 43.1. The van der Waals surface area contributed by atoms with Crippen molar-refractivity contribution in [2.24, 2.45) is 0 Å². The molecule has 0 spiro atoms. The van der Waals surface area contributed by atoms with Gasteiger partial charge >= 0.3 is 6.18 Å². The van der Waals surface area contributed by atoms with Gasteiger partial charge in [-0.25, -0.2) is 4.98 Å². The number of hydrogen-bond acceptors (Lipinski definition) is 4. The van der Waals surface area contributed by atoms with Crippen molar-refractivity contribution < 1.29 is 22.7 Å². The van der Waals surface area contributed by atoms with Crippen molar-refractivity contribution in [1.29, 1.82) is 0 Å². The van der Waals surface area contributed by atoms with E-state index in [2.05, 4.69) is 9.97 Å². The molecule has 0 saturated carbocycles. The van der Waals surface area contributed by atoms with E-state index in [0.717, 1.165) is 6.07 Å². The third-order valence-electron chi connectivity index (χ3n) is 3.35. The molecule has 120 valence electrons. The van der Waals surface area contributed by atoms with Crippen LogP contribution in [-0.4, -0.2) is 40.0 Å². The first-order valence-corrected chi connectivity index (χ1v) is 6.84. The number of rotatable bonds is 3. The summed E-state index contributed by atoms with van der Waals surface area (Å²) in [5, 5.41) is 0. The van der Waals surface area contributed by atoms with Crippen molar-refractivity contribution >= 4 is 5.91 Å². The van der Waals surface area contributed by atoms with Gasteiger partial charge in [0.1, 0.15) is 11.8 Å². The molecule has 2 aromatic heterocycles. The summed E-state index contributed by atoms with van der Waals surface area (Å²) in [6.45, 7) is 0.595. The zero-order chi connectivity index (χ0) is 16.4. The van der Waals surface area contributed by atoms with E-state index in [-0.39, 0.29) is 17.9 Å². The maximum Gasteiger partial charge on any atom is 0.433 e. The lowest BCUT2D eigenvalue weighted by Gasteiger charge is -2.38. The van der Waals surface area contributed by atoms with Gasteiger partial charge in [-0.15, -0.1) is 0 Å². The Balaban J connectivity index is 1.58. The molecule has 0 atom stereocenters. The molecule has 1 aliphatic rings. The molecule has 1 fully saturated rings. The van der Waals surface area contributed by atoms with Crippen LogP contribution in [0.25, 0.3) is 0 Å². The number of ether oxygens (including phenoxy) is 1. The van der Waals surface area contributed by atoms with Crippen LogP contribution in [0.1, 0.15) is 16.1 Å². The Morgan fingerprint density at radius 3 is 2.65 bits per heavy atom. The molecule has 0 aliphatic carbocycles. The maximum absolute atomic E-state index is 12.6. The number of carbonyl (C=O) groups excluding carboxylic acids is 1. The number of pyridine rings is 2. The number of amides is 1. The number of alkyl halides is 3. The molecule has 3 rings (SSSR count). The van der Waals surface area contributed by atoms with Crippen molar-refractivity contribution in [3.63, 3.8) is 0 Å². The molecule has 2 aromatic rings. The fourth-order valence-corrected chi connectivity index (χ4v) is 2.16. The smallest absolute Gasteiger partial charge is 0.433 e. The van der Waals surface area contributed by atoms with E-state index >= 15 is 0 Å². The average molecular weight is 323 g/mol. The Bertz CT molecular complexity index is 701. The number of halogens is 3. The minimum atomic E-state index is -4.51. The molecule has 1 aliphatic heterocycles. The van der Waals surface area contributed by atoms with Crippen molar-refractivity contribution in [2.45, 2.75) is 12.3 Å². The van der Waals surface area contributed by atoms with Gasteiger partial charge in [0.15, 0.2) is 0 Å². The van der Waals surface area contributed by atoms with E-state index in [1.54, 1.807) is 18.3 Å². The number of hydrogen-bond donors (Lipinski definition) is 0. The van der Waals surface area contributed by atoms with Gasteiger partial charge < -0.3 is 9.64 Å². The maximum atomic E-state index is 12.6. The third-order valence-corrected chi connectivity index (χ3v) is 3.35. The number of aromatic nitrogens is 2. The monoisotopic (exact) mass is 323 g/mol. The highest BCUT2D eigenvalue weighted by atomic mass is 19.4. The lowest BCUT2D eigenvalue weighted by Crippen LogP contribution is -2.56. The molecule has 23 heavy (non-hydrogen) atoms. The highest BCUT2D eigenvalue weighted by molar-refractivity contribution is 5.94. The molecular formula is C15H12F3N3O2. The molecule has 1 saturated heterocycles. The molecule has 3 heterocycles. The first-order valence-electron chi connectivity index (χ1n) is 6.84.